The number of hydrogen-bond donors (Lipinski definition) is 1. The van der Waals surface area contributed by atoms with Crippen molar-refractivity contribution in [3.63, 3.8) is 0 Å². The molecule has 1 saturated heterocycles. The van der Waals surface area contributed by atoms with Gasteiger partial charge in [-0.1, -0.05) is 6.42 Å². The Morgan fingerprint density at radius 2 is 1.88 bits per heavy atom. The van der Waals surface area contributed by atoms with Gasteiger partial charge in [-0.05, 0) is 37.1 Å². The van der Waals surface area contributed by atoms with E-state index in [1.807, 2.05) is 0 Å². The van der Waals surface area contributed by atoms with Gasteiger partial charge in [0.2, 0.25) is 10.0 Å². The third kappa shape index (κ3) is 3.65. The highest BCUT2D eigenvalue weighted by molar-refractivity contribution is 7.89. The molecule has 2 heterocycles. The van der Waals surface area contributed by atoms with Gasteiger partial charge in [-0.25, -0.2) is 13.4 Å². The number of hydrogen-bond acceptors (Lipinski definition) is 5. The zero-order valence-electron chi connectivity index (χ0n) is 13.1. The first kappa shape index (κ1) is 16.7. The van der Waals surface area contributed by atoms with E-state index in [9.17, 15) is 13.2 Å². The van der Waals surface area contributed by atoms with Crippen molar-refractivity contribution >= 4 is 15.9 Å². The van der Waals surface area contributed by atoms with E-state index < -0.39 is 10.0 Å². The second-order valence-corrected chi connectivity index (χ2v) is 7.59. The summed E-state index contributed by atoms with van der Waals surface area (Å²) < 4.78 is 31.5. The van der Waals surface area contributed by atoms with Crippen molar-refractivity contribution in [2.45, 2.75) is 30.7 Å². The van der Waals surface area contributed by atoms with Crippen LogP contribution < -0.4 is 5.32 Å². The molecule has 1 aliphatic rings. The number of nitrogens with one attached hydrogen (secondary N) is 1. The average Bonchev–Trinajstić information content (AvgIpc) is 3.14. The van der Waals surface area contributed by atoms with E-state index in [1.54, 1.807) is 0 Å². The summed E-state index contributed by atoms with van der Waals surface area (Å²) in [6.45, 7) is 1.37. The van der Waals surface area contributed by atoms with Crippen LogP contribution in [0, 0.1) is 0 Å². The molecule has 24 heavy (non-hydrogen) atoms. The molecule has 128 valence electrons. The molecule has 1 fully saturated rings. The van der Waals surface area contributed by atoms with Crippen LogP contribution in [-0.4, -0.2) is 36.7 Å². The van der Waals surface area contributed by atoms with Crippen molar-refractivity contribution < 1.29 is 17.6 Å². The first-order valence-corrected chi connectivity index (χ1v) is 9.27. The van der Waals surface area contributed by atoms with Crippen LogP contribution in [0.15, 0.2) is 46.2 Å². The Hall–Kier alpha value is -2.19. The number of oxazole rings is 1. The molecule has 0 unspecified atom stereocenters. The molecule has 0 aliphatic carbocycles. The lowest BCUT2D eigenvalue weighted by Crippen LogP contribution is -2.35. The number of carbonyl (C=O) groups is 1. The first-order chi connectivity index (χ1) is 11.6. The number of amides is 1. The van der Waals surface area contributed by atoms with Crippen LogP contribution in [0.5, 0.6) is 0 Å². The fraction of sp³-hybridized carbons (Fsp3) is 0.375. The van der Waals surface area contributed by atoms with Gasteiger partial charge < -0.3 is 9.73 Å². The highest BCUT2D eigenvalue weighted by Gasteiger charge is 2.25. The summed E-state index contributed by atoms with van der Waals surface area (Å²) in [5.41, 5.74) is 1.02. The van der Waals surface area contributed by atoms with Gasteiger partial charge in [0, 0.05) is 18.7 Å². The lowest BCUT2D eigenvalue weighted by atomic mass is 10.2. The normalized spacial score (nSPS) is 16.0. The van der Waals surface area contributed by atoms with Crippen LogP contribution in [0.3, 0.4) is 0 Å². The number of nitrogens with zero attached hydrogens (tertiary/aromatic N) is 2. The number of carbonyl (C=O) groups excluding carboxylic acids is 1. The quantitative estimate of drug-likeness (QED) is 0.888. The minimum atomic E-state index is -3.47. The fourth-order valence-electron chi connectivity index (χ4n) is 2.63. The van der Waals surface area contributed by atoms with Gasteiger partial charge in [-0.2, -0.15) is 4.31 Å². The fourth-order valence-corrected chi connectivity index (χ4v) is 4.15. The van der Waals surface area contributed by atoms with E-state index >= 15 is 0 Å². The van der Waals surface area contributed by atoms with Crippen molar-refractivity contribution in [1.82, 2.24) is 14.6 Å². The predicted octanol–water partition coefficient (Wildman–Crippen LogP) is 1.78. The molecule has 0 saturated carbocycles. The highest BCUT2D eigenvalue weighted by Crippen LogP contribution is 2.20. The molecule has 8 heteroatoms. The molecule has 7 nitrogen and oxygen atoms in total. The Morgan fingerprint density at radius 3 is 2.50 bits per heavy atom. The van der Waals surface area contributed by atoms with Crippen LogP contribution in [0.1, 0.15) is 35.3 Å². The molecule has 0 bridgehead atoms. The predicted molar refractivity (Wildman–Crippen MR) is 86.7 cm³/mol. The summed E-state index contributed by atoms with van der Waals surface area (Å²) in [5.74, 6) is -0.292. The van der Waals surface area contributed by atoms with Gasteiger partial charge in [-0.3, -0.25) is 4.79 Å². The molecule has 1 N–H and O–H groups in total. The number of sulfonamides is 1. The van der Waals surface area contributed by atoms with Crippen LogP contribution in [0.2, 0.25) is 0 Å². The minimum absolute atomic E-state index is 0.220. The third-order valence-corrected chi connectivity index (χ3v) is 5.90. The molecular weight excluding hydrogens is 330 g/mol. The topological polar surface area (TPSA) is 92.5 Å². The maximum atomic E-state index is 12.6. The Morgan fingerprint density at radius 1 is 1.17 bits per heavy atom. The zero-order valence-corrected chi connectivity index (χ0v) is 14.0. The van der Waals surface area contributed by atoms with Gasteiger partial charge in [0.05, 0.1) is 17.1 Å². The van der Waals surface area contributed by atoms with Gasteiger partial charge in [0.15, 0.2) is 6.39 Å². The van der Waals surface area contributed by atoms with Gasteiger partial charge >= 0.3 is 0 Å². The second kappa shape index (κ2) is 7.14. The number of rotatable bonds is 5. The molecule has 3 rings (SSSR count). The molecule has 1 aromatic carbocycles. The lowest BCUT2D eigenvalue weighted by molar-refractivity contribution is 0.0950. The number of benzene rings is 1. The molecule has 1 amide bonds. The van der Waals surface area contributed by atoms with Gasteiger partial charge in [0.1, 0.15) is 6.26 Å². The molecule has 1 aliphatic heterocycles. The maximum absolute atomic E-state index is 12.6. The van der Waals surface area contributed by atoms with Gasteiger partial charge in [-0.15, -0.1) is 0 Å². The molecule has 2 aromatic rings. The maximum Gasteiger partial charge on any atom is 0.251 e. The minimum Gasteiger partial charge on any atom is -0.451 e. The van der Waals surface area contributed by atoms with Crippen molar-refractivity contribution in [3.05, 3.63) is 48.2 Å². The van der Waals surface area contributed by atoms with E-state index in [0.717, 1.165) is 19.3 Å². The summed E-state index contributed by atoms with van der Waals surface area (Å²) in [6.07, 6.45) is 5.59. The second-order valence-electron chi connectivity index (χ2n) is 5.65. The van der Waals surface area contributed by atoms with Crippen molar-refractivity contribution in [3.8, 4) is 0 Å². The number of piperidine rings is 1. The van der Waals surface area contributed by atoms with E-state index in [4.69, 9.17) is 4.42 Å². The van der Waals surface area contributed by atoms with Crippen molar-refractivity contribution in [2.75, 3.05) is 13.1 Å². The van der Waals surface area contributed by atoms with Crippen LogP contribution in [-0.2, 0) is 16.6 Å². The SMILES string of the molecule is O=C(NCc1cocn1)c1ccc(S(=O)(=O)N2CCCCC2)cc1. The van der Waals surface area contributed by atoms with E-state index in [-0.39, 0.29) is 17.3 Å². The van der Waals surface area contributed by atoms with E-state index in [0.29, 0.717) is 24.3 Å². The van der Waals surface area contributed by atoms with Crippen LogP contribution in [0.4, 0.5) is 0 Å². The summed E-state index contributed by atoms with van der Waals surface area (Å²) in [6, 6.07) is 6.01. The average molecular weight is 349 g/mol. The largest absolute Gasteiger partial charge is 0.451 e. The molecular formula is C16H19N3O4S. The van der Waals surface area contributed by atoms with Crippen LogP contribution in [0.25, 0.3) is 0 Å². The lowest BCUT2D eigenvalue weighted by Gasteiger charge is -2.25. The first-order valence-electron chi connectivity index (χ1n) is 7.83. The zero-order chi connectivity index (χ0) is 17.0. The standard InChI is InChI=1S/C16H19N3O4S/c20-16(17-10-14-11-23-12-18-14)13-4-6-15(7-5-13)24(21,22)19-8-2-1-3-9-19/h4-7,11-12H,1-3,8-10H2,(H,17,20). The van der Waals surface area contributed by atoms with Crippen LogP contribution >= 0.6 is 0 Å². The van der Waals surface area contributed by atoms with E-state index in [2.05, 4.69) is 10.3 Å². The van der Waals surface area contributed by atoms with Crippen molar-refractivity contribution in [1.29, 1.82) is 0 Å². The summed E-state index contributed by atoms with van der Waals surface area (Å²) in [5, 5.41) is 2.70. The Labute approximate surface area is 140 Å². The Kier molecular flexibility index (Phi) is 4.96. The smallest absolute Gasteiger partial charge is 0.251 e. The molecule has 0 radical (unpaired) electrons. The summed E-state index contributed by atoms with van der Waals surface area (Å²) in [4.78, 5) is 16.2. The Balaban J connectivity index is 1.67. The highest BCUT2D eigenvalue weighted by atomic mass is 32.2. The molecule has 0 atom stereocenters. The molecule has 1 aromatic heterocycles. The van der Waals surface area contributed by atoms with Crippen molar-refractivity contribution in [2.24, 2.45) is 0 Å². The van der Waals surface area contributed by atoms with Gasteiger partial charge in [0.25, 0.3) is 5.91 Å². The third-order valence-electron chi connectivity index (χ3n) is 3.98. The Bertz CT molecular complexity index is 779. The summed E-state index contributed by atoms with van der Waals surface area (Å²) in [7, 11) is -3.47. The molecule has 0 spiro atoms. The monoisotopic (exact) mass is 349 g/mol. The summed E-state index contributed by atoms with van der Waals surface area (Å²) >= 11 is 0. The number of aromatic nitrogens is 1. The van der Waals surface area contributed by atoms with E-state index in [1.165, 1.54) is 41.2 Å².